The highest BCUT2D eigenvalue weighted by atomic mass is 32.1. The number of thiophene rings is 2. The largest absolute Gasteiger partial charge is 0.456 e. The Morgan fingerprint density at radius 1 is 0.286 bits per heavy atom. The van der Waals surface area contributed by atoms with Gasteiger partial charge in [-0.3, -0.25) is 0 Å². The summed E-state index contributed by atoms with van der Waals surface area (Å²) in [5.74, 6) is 1.84. The van der Waals surface area contributed by atoms with Gasteiger partial charge in [-0.05, 0) is 113 Å². The molecule has 0 fully saturated rings. The summed E-state index contributed by atoms with van der Waals surface area (Å²) in [7, 11) is 0. The van der Waals surface area contributed by atoms with E-state index < -0.39 is 0 Å². The average Bonchev–Trinajstić information content (AvgIpc) is 4.33. The molecule has 11 aromatic carbocycles. The third kappa shape index (κ3) is 6.56. The minimum absolute atomic E-state index is 0.588. The predicted octanol–water partition coefficient (Wildman–Crippen LogP) is 19.8. The van der Waals surface area contributed by atoms with Crippen LogP contribution < -0.4 is 0 Å². The molecular formula is C69H38N4O2S2. The maximum atomic E-state index is 6.63. The van der Waals surface area contributed by atoms with Gasteiger partial charge < -0.3 is 13.4 Å². The molecule has 0 saturated heterocycles. The van der Waals surface area contributed by atoms with E-state index in [1.165, 1.54) is 41.3 Å². The van der Waals surface area contributed by atoms with Crippen LogP contribution in [-0.4, -0.2) is 19.5 Å². The summed E-state index contributed by atoms with van der Waals surface area (Å²) in [6.45, 7) is 0. The fraction of sp³-hybridized carbons (Fsp3) is 0. The summed E-state index contributed by atoms with van der Waals surface area (Å²) >= 11 is 3.58. The number of hydrogen-bond acceptors (Lipinski definition) is 7. The van der Waals surface area contributed by atoms with Crippen LogP contribution in [0.4, 0.5) is 0 Å². The summed E-state index contributed by atoms with van der Waals surface area (Å²) in [6.07, 6.45) is 0. The lowest BCUT2D eigenvalue weighted by Crippen LogP contribution is -2.00. The Bertz CT molecular complexity index is 5310. The molecule has 0 bridgehead atoms. The lowest BCUT2D eigenvalue weighted by molar-refractivity contribution is 0.668. The van der Waals surface area contributed by atoms with Crippen molar-refractivity contribution >= 4 is 129 Å². The molecule has 0 aliphatic heterocycles. The standard InChI is InChI=1S/C69H38N4O2S2/c1-2-12-44(13-3-1)73-55-19-7-4-14-45(55)46-29-24-40(35-56(46)73)39-28-33-58-54(34-39)49-30-25-41(36-59(49)75-58)42-26-32-51-64(38-42)77-63-23-11-18-53(66(51)63)69-71-67(43-27-31-48-47-15-5-8-20-57(47)74-60(48)37-43)70-68(72-69)52-17-10-22-62-65(52)50-16-6-9-21-61(50)76-62/h1-38H. The minimum Gasteiger partial charge on any atom is -0.456 e. The van der Waals surface area contributed by atoms with E-state index in [2.05, 4.69) is 217 Å². The van der Waals surface area contributed by atoms with Crippen molar-refractivity contribution in [3.05, 3.63) is 231 Å². The number of rotatable bonds is 6. The van der Waals surface area contributed by atoms with Crippen LogP contribution in [-0.2, 0) is 0 Å². The van der Waals surface area contributed by atoms with E-state index in [-0.39, 0.29) is 0 Å². The molecule has 8 heteroatoms. The molecule has 0 radical (unpaired) electrons. The maximum Gasteiger partial charge on any atom is 0.164 e. The highest BCUT2D eigenvalue weighted by Crippen LogP contribution is 2.45. The van der Waals surface area contributed by atoms with Crippen molar-refractivity contribution in [1.82, 2.24) is 19.5 Å². The first-order chi connectivity index (χ1) is 38.1. The van der Waals surface area contributed by atoms with Gasteiger partial charge in [0.2, 0.25) is 0 Å². The topological polar surface area (TPSA) is 69.9 Å². The van der Waals surface area contributed by atoms with Crippen molar-refractivity contribution in [3.63, 3.8) is 0 Å². The summed E-state index contributed by atoms with van der Waals surface area (Å²) in [5.41, 5.74) is 14.2. The van der Waals surface area contributed by atoms with Crippen LogP contribution in [0.15, 0.2) is 239 Å². The maximum absolute atomic E-state index is 6.63. The fourth-order valence-corrected chi connectivity index (χ4v) is 14.2. The number of nitrogens with zero attached hydrogens (tertiary/aromatic N) is 4. The van der Waals surface area contributed by atoms with Crippen molar-refractivity contribution in [2.75, 3.05) is 0 Å². The van der Waals surface area contributed by atoms with Gasteiger partial charge in [-0.25, -0.2) is 15.0 Å². The molecule has 6 heterocycles. The highest BCUT2D eigenvalue weighted by Gasteiger charge is 2.22. The zero-order chi connectivity index (χ0) is 50.3. The van der Waals surface area contributed by atoms with Gasteiger partial charge in [0.05, 0.1) is 11.0 Å². The third-order valence-corrected chi connectivity index (χ3v) is 17.7. The normalized spacial score (nSPS) is 12.2. The molecule has 17 rings (SSSR count). The van der Waals surface area contributed by atoms with Gasteiger partial charge in [0.25, 0.3) is 0 Å². The number of benzene rings is 11. The smallest absolute Gasteiger partial charge is 0.164 e. The molecule has 0 aliphatic carbocycles. The van der Waals surface area contributed by atoms with Crippen molar-refractivity contribution in [1.29, 1.82) is 0 Å². The molecular weight excluding hydrogens is 981 g/mol. The van der Waals surface area contributed by atoms with E-state index in [1.807, 2.05) is 18.2 Å². The fourth-order valence-electron chi connectivity index (χ4n) is 11.9. The summed E-state index contributed by atoms with van der Waals surface area (Å²) in [4.78, 5) is 16.0. The molecule has 6 nitrogen and oxygen atoms in total. The van der Waals surface area contributed by atoms with Crippen molar-refractivity contribution < 1.29 is 8.83 Å². The molecule has 0 amide bonds. The quantitative estimate of drug-likeness (QED) is 0.166. The van der Waals surface area contributed by atoms with Crippen molar-refractivity contribution in [2.24, 2.45) is 0 Å². The van der Waals surface area contributed by atoms with Crippen LogP contribution in [0.5, 0.6) is 0 Å². The Labute approximate surface area is 447 Å². The molecule has 17 aromatic rings. The number of furan rings is 2. The summed E-state index contributed by atoms with van der Waals surface area (Å²) < 4.78 is 20.2. The predicted molar refractivity (Wildman–Crippen MR) is 322 cm³/mol. The molecule has 358 valence electrons. The van der Waals surface area contributed by atoms with Gasteiger partial charge >= 0.3 is 0 Å². The van der Waals surface area contributed by atoms with Gasteiger partial charge in [0, 0.05) is 95.0 Å². The van der Waals surface area contributed by atoms with E-state index in [0.717, 1.165) is 109 Å². The molecule has 0 aliphatic rings. The molecule has 0 N–H and O–H groups in total. The second kappa shape index (κ2) is 16.4. The minimum atomic E-state index is 0.588. The van der Waals surface area contributed by atoms with E-state index in [1.54, 1.807) is 22.7 Å². The zero-order valence-corrected chi connectivity index (χ0v) is 42.5. The molecule has 0 atom stereocenters. The number of hydrogen-bond donors (Lipinski definition) is 0. The SMILES string of the molecule is c1ccc(-n2c3ccccc3c3ccc(-c4ccc5oc6cc(-c7ccc8c(c7)sc7cccc(-c9nc(-c%10ccc%11c(c%10)oc%10ccccc%10%11)nc(-c%10cccc%11sc%12ccccc%12c%10%11)n9)c78)ccc6c5c4)cc32)cc1. The lowest BCUT2D eigenvalue weighted by Gasteiger charge is -2.11. The molecule has 0 saturated carbocycles. The average molecular weight is 1020 g/mol. The number of fused-ring (bicyclic) bond motifs is 15. The summed E-state index contributed by atoms with van der Waals surface area (Å²) in [5, 5.41) is 11.4. The van der Waals surface area contributed by atoms with E-state index in [0.29, 0.717) is 17.5 Å². The van der Waals surface area contributed by atoms with Crippen LogP contribution in [0.3, 0.4) is 0 Å². The van der Waals surface area contributed by atoms with Gasteiger partial charge in [0.15, 0.2) is 17.5 Å². The molecule has 0 spiro atoms. The Morgan fingerprint density at radius 2 is 0.779 bits per heavy atom. The van der Waals surface area contributed by atoms with E-state index in [4.69, 9.17) is 23.8 Å². The van der Waals surface area contributed by atoms with Gasteiger partial charge in [-0.15, -0.1) is 22.7 Å². The van der Waals surface area contributed by atoms with E-state index >= 15 is 0 Å². The third-order valence-electron chi connectivity index (χ3n) is 15.5. The monoisotopic (exact) mass is 1020 g/mol. The highest BCUT2D eigenvalue weighted by molar-refractivity contribution is 7.26. The second-order valence-corrected chi connectivity index (χ2v) is 22.0. The van der Waals surface area contributed by atoms with Gasteiger partial charge in [0.1, 0.15) is 22.3 Å². The zero-order valence-electron chi connectivity index (χ0n) is 40.9. The molecule has 0 unspecified atom stereocenters. The molecule has 77 heavy (non-hydrogen) atoms. The van der Waals surface area contributed by atoms with Crippen LogP contribution in [0.1, 0.15) is 0 Å². The number of aromatic nitrogens is 4. The first-order valence-corrected chi connectivity index (χ1v) is 27.3. The number of para-hydroxylation sites is 3. The van der Waals surface area contributed by atoms with E-state index in [9.17, 15) is 0 Å². The van der Waals surface area contributed by atoms with Crippen LogP contribution in [0, 0.1) is 0 Å². The van der Waals surface area contributed by atoms with Crippen LogP contribution >= 0.6 is 22.7 Å². The Morgan fingerprint density at radius 3 is 1.56 bits per heavy atom. The van der Waals surface area contributed by atoms with Crippen LogP contribution in [0.2, 0.25) is 0 Å². The first-order valence-electron chi connectivity index (χ1n) is 25.7. The van der Waals surface area contributed by atoms with Gasteiger partial charge in [-0.1, -0.05) is 140 Å². The lowest BCUT2D eigenvalue weighted by atomic mass is 9.99. The second-order valence-electron chi connectivity index (χ2n) is 19.8. The molecule has 6 aromatic heterocycles. The Kier molecular flexibility index (Phi) is 9.07. The first kappa shape index (κ1) is 42.6. The van der Waals surface area contributed by atoms with Crippen LogP contribution in [0.25, 0.3) is 168 Å². The summed E-state index contributed by atoms with van der Waals surface area (Å²) in [6, 6.07) is 82.1. The van der Waals surface area contributed by atoms with Gasteiger partial charge in [-0.2, -0.15) is 0 Å². The Balaban J connectivity index is 0.766. The van der Waals surface area contributed by atoms with Crippen molar-refractivity contribution in [2.45, 2.75) is 0 Å². The Hall–Kier alpha value is -9.73. The van der Waals surface area contributed by atoms with Crippen molar-refractivity contribution in [3.8, 4) is 62.1 Å².